The van der Waals surface area contributed by atoms with Gasteiger partial charge in [0.2, 0.25) is 5.91 Å². The predicted molar refractivity (Wildman–Crippen MR) is 122 cm³/mol. The van der Waals surface area contributed by atoms with E-state index in [0.717, 1.165) is 25.7 Å². The topological polar surface area (TPSA) is 87.6 Å². The van der Waals surface area contributed by atoms with Gasteiger partial charge in [0.25, 0.3) is 10.0 Å². The predicted octanol–water partition coefficient (Wildman–Crippen LogP) is 3.38. The van der Waals surface area contributed by atoms with Crippen LogP contribution in [-0.2, 0) is 21.2 Å². The summed E-state index contributed by atoms with van der Waals surface area (Å²) in [6, 6.07) is 14.5. The van der Waals surface area contributed by atoms with Crippen LogP contribution in [0.5, 0.6) is 0 Å². The van der Waals surface area contributed by atoms with Crippen LogP contribution in [0.2, 0.25) is 0 Å². The number of aliphatic imine (C=N–C) groups is 1. The van der Waals surface area contributed by atoms with E-state index in [0.29, 0.717) is 18.0 Å². The smallest absolute Gasteiger partial charge is 0.263 e. The molecule has 3 atom stereocenters. The fraction of sp³-hybridized carbons (Fsp3) is 0.417. The molecule has 0 aromatic heterocycles. The van der Waals surface area contributed by atoms with Crippen molar-refractivity contribution in [3.05, 3.63) is 65.2 Å². The van der Waals surface area contributed by atoms with Gasteiger partial charge in [-0.2, -0.15) is 0 Å². The number of hydrogen-bond acceptors (Lipinski definition) is 4. The second kappa shape index (κ2) is 8.83. The van der Waals surface area contributed by atoms with Crippen molar-refractivity contribution in [2.75, 3.05) is 6.54 Å². The Kier molecular flexibility index (Phi) is 6.14. The van der Waals surface area contributed by atoms with Crippen molar-refractivity contribution >= 4 is 21.8 Å². The summed E-state index contributed by atoms with van der Waals surface area (Å²) < 4.78 is 27.3. The van der Waals surface area contributed by atoms with E-state index in [1.165, 1.54) is 11.1 Å². The third-order valence-electron chi connectivity index (χ3n) is 6.40. The molecule has 0 saturated heterocycles. The number of carbonyl (C=O) groups is 1. The van der Waals surface area contributed by atoms with Crippen molar-refractivity contribution < 1.29 is 13.2 Å². The normalized spacial score (nSPS) is 22.1. The van der Waals surface area contributed by atoms with Crippen LogP contribution in [0, 0.1) is 5.92 Å². The van der Waals surface area contributed by atoms with Crippen LogP contribution in [0.4, 0.5) is 0 Å². The number of amides is 1. The molecule has 1 heterocycles. The fourth-order valence-electron chi connectivity index (χ4n) is 4.43. The van der Waals surface area contributed by atoms with Crippen molar-refractivity contribution in [2.24, 2.45) is 10.9 Å². The zero-order chi connectivity index (χ0) is 22.0. The SMILES string of the molecule is CCC(C)C(N=C1NS(=O)(=O)c2ccccc21)C(=O)NCC1CCCc2ccccc21. The highest BCUT2D eigenvalue weighted by Crippen LogP contribution is 2.31. The second-order valence-electron chi connectivity index (χ2n) is 8.44. The van der Waals surface area contributed by atoms with E-state index in [9.17, 15) is 13.2 Å². The van der Waals surface area contributed by atoms with Gasteiger partial charge in [-0.25, -0.2) is 8.42 Å². The number of sulfonamides is 1. The number of rotatable bonds is 6. The number of benzene rings is 2. The Labute approximate surface area is 184 Å². The number of aryl methyl sites for hydroxylation is 1. The fourth-order valence-corrected chi connectivity index (χ4v) is 5.67. The monoisotopic (exact) mass is 439 g/mol. The molecule has 0 radical (unpaired) electrons. The highest BCUT2D eigenvalue weighted by atomic mass is 32.2. The zero-order valence-electron chi connectivity index (χ0n) is 18.0. The summed E-state index contributed by atoms with van der Waals surface area (Å²) in [5.41, 5.74) is 3.20. The Morgan fingerprint density at radius 2 is 1.94 bits per heavy atom. The summed E-state index contributed by atoms with van der Waals surface area (Å²) in [5, 5.41) is 3.10. The van der Waals surface area contributed by atoms with Crippen LogP contribution in [0.1, 0.15) is 55.7 Å². The van der Waals surface area contributed by atoms with Gasteiger partial charge in [-0.3, -0.25) is 14.5 Å². The minimum Gasteiger partial charge on any atom is -0.354 e. The van der Waals surface area contributed by atoms with E-state index in [-0.39, 0.29) is 22.6 Å². The molecule has 4 rings (SSSR count). The molecule has 0 spiro atoms. The first kappa shape index (κ1) is 21.6. The van der Waals surface area contributed by atoms with E-state index < -0.39 is 16.1 Å². The molecule has 0 bridgehead atoms. The Morgan fingerprint density at radius 3 is 2.74 bits per heavy atom. The van der Waals surface area contributed by atoms with Crippen molar-refractivity contribution in [3.63, 3.8) is 0 Å². The molecule has 7 heteroatoms. The Bertz CT molecular complexity index is 1110. The van der Waals surface area contributed by atoms with E-state index >= 15 is 0 Å². The minimum absolute atomic E-state index is 0.0246. The first-order valence-corrected chi connectivity index (χ1v) is 12.4. The van der Waals surface area contributed by atoms with E-state index in [4.69, 9.17) is 0 Å². The highest BCUT2D eigenvalue weighted by Gasteiger charge is 2.33. The number of nitrogens with zero attached hydrogens (tertiary/aromatic N) is 1. The summed E-state index contributed by atoms with van der Waals surface area (Å²) >= 11 is 0. The summed E-state index contributed by atoms with van der Waals surface area (Å²) in [7, 11) is -3.63. The van der Waals surface area contributed by atoms with Gasteiger partial charge in [-0.15, -0.1) is 0 Å². The van der Waals surface area contributed by atoms with Crippen LogP contribution < -0.4 is 10.0 Å². The molecule has 31 heavy (non-hydrogen) atoms. The van der Waals surface area contributed by atoms with Gasteiger partial charge in [0, 0.05) is 18.0 Å². The molecule has 3 unspecified atom stereocenters. The zero-order valence-corrected chi connectivity index (χ0v) is 18.8. The maximum atomic E-state index is 13.2. The second-order valence-corrected chi connectivity index (χ2v) is 10.1. The molecule has 164 valence electrons. The van der Waals surface area contributed by atoms with Crippen molar-refractivity contribution in [1.82, 2.24) is 10.0 Å². The van der Waals surface area contributed by atoms with Gasteiger partial charge in [-0.05, 0) is 48.4 Å². The van der Waals surface area contributed by atoms with Crippen molar-refractivity contribution in [3.8, 4) is 0 Å². The lowest BCUT2D eigenvalue weighted by atomic mass is 9.83. The summed E-state index contributed by atoms with van der Waals surface area (Å²) in [5.74, 6) is 0.362. The Hall–Kier alpha value is -2.67. The third kappa shape index (κ3) is 4.37. The van der Waals surface area contributed by atoms with Gasteiger partial charge in [0.05, 0.1) is 4.90 Å². The van der Waals surface area contributed by atoms with Crippen LogP contribution >= 0.6 is 0 Å². The number of amidine groups is 1. The number of nitrogens with one attached hydrogen (secondary N) is 2. The molecule has 1 aliphatic carbocycles. The lowest BCUT2D eigenvalue weighted by Gasteiger charge is -2.27. The molecule has 2 aromatic rings. The maximum Gasteiger partial charge on any atom is 0.263 e. The van der Waals surface area contributed by atoms with Gasteiger partial charge >= 0.3 is 0 Å². The van der Waals surface area contributed by atoms with Crippen LogP contribution in [-0.4, -0.2) is 32.7 Å². The molecule has 1 amide bonds. The molecular formula is C24H29N3O3S. The molecule has 2 N–H and O–H groups in total. The van der Waals surface area contributed by atoms with Gasteiger partial charge in [0.15, 0.2) is 0 Å². The average Bonchev–Trinajstić information content (AvgIpc) is 3.05. The van der Waals surface area contributed by atoms with E-state index in [2.05, 4.69) is 39.3 Å². The number of hydrogen-bond donors (Lipinski definition) is 2. The minimum atomic E-state index is -3.63. The average molecular weight is 440 g/mol. The van der Waals surface area contributed by atoms with Gasteiger partial charge in [-0.1, -0.05) is 56.7 Å². The molecule has 0 saturated carbocycles. The maximum absolute atomic E-state index is 13.2. The first-order valence-electron chi connectivity index (χ1n) is 11.0. The number of carbonyl (C=O) groups excluding carboxylic acids is 1. The van der Waals surface area contributed by atoms with Crippen molar-refractivity contribution in [2.45, 2.75) is 56.4 Å². The molecule has 6 nitrogen and oxygen atoms in total. The van der Waals surface area contributed by atoms with Gasteiger partial charge < -0.3 is 5.32 Å². The third-order valence-corrected chi connectivity index (χ3v) is 7.80. The Morgan fingerprint density at radius 1 is 1.19 bits per heavy atom. The molecule has 1 aliphatic heterocycles. The van der Waals surface area contributed by atoms with Crippen LogP contribution in [0.25, 0.3) is 0 Å². The van der Waals surface area contributed by atoms with Crippen LogP contribution in [0.15, 0.2) is 58.4 Å². The summed E-state index contributed by atoms with van der Waals surface area (Å²) in [4.78, 5) is 18.0. The molecule has 2 aromatic carbocycles. The lowest BCUT2D eigenvalue weighted by Crippen LogP contribution is -2.41. The van der Waals surface area contributed by atoms with Gasteiger partial charge in [0.1, 0.15) is 11.9 Å². The molecule has 2 aliphatic rings. The Balaban J connectivity index is 1.54. The largest absolute Gasteiger partial charge is 0.354 e. The quantitative estimate of drug-likeness (QED) is 0.723. The van der Waals surface area contributed by atoms with E-state index in [1.54, 1.807) is 24.3 Å². The van der Waals surface area contributed by atoms with E-state index in [1.807, 2.05) is 13.8 Å². The highest BCUT2D eigenvalue weighted by molar-refractivity contribution is 7.90. The first-order chi connectivity index (χ1) is 14.9. The molecule has 0 fully saturated rings. The lowest BCUT2D eigenvalue weighted by molar-refractivity contribution is -0.123. The number of fused-ring (bicyclic) bond motifs is 2. The summed E-state index contributed by atoms with van der Waals surface area (Å²) in [6.07, 6.45) is 4.01. The van der Waals surface area contributed by atoms with Crippen molar-refractivity contribution in [1.29, 1.82) is 0 Å². The molecular weight excluding hydrogens is 410 g/mol. The van der Waals surface area contributed by atoms with Crippen LogP contribution in [0.3, 0.4) is 0 Å². The standard InChI is InChI=1S/C24H29N3O3S/c1-3-16(2)22(26-23-20-13-6-7-14-21(20)31(29,30)27-23)24(28)25-15-18-11-8-10-17-9-4-5-12-19(17)18/h4-7,9,12-14,16,18,22H,3,8,10-11,15H2,1-2H3,(H,25,28)(H,26,27). The summed E-state index contributed by atoms with van der Waals surface area (Å²) in [6.45, 7) is 4.55.